The summed E-state index contributed by atoms with van der Waals surface area (Å²) in [7, 11) is 3.83. The number of likely N-dealkylation sites (N-methyl/N-ethyl adjacent to an activating group) is 1. The third-order valence-electron chi connectivity index (χ3n) is 3.20. The van der Waals surface area contributed by atoms with Crippen molar-refractivity contribution < 1.29 is 4.79 Å². The van der Waals surface area contributed by atoms with Crippen LogP contribution in [0.25, 0.3) is 0 Å². The molecule has 1 aliphatic heterocycles. The molecule has 1 heterocycles. The number of hydrogen-bond donors (Lipinski definition) is 2. The molecule has 4 heteroatoms. The van der Waals surface area contributed by atoms with Crippen molar-refractivity contribution in [1.82, 2.24) is 15.5 Å². The predicted molar refractivity (Wildman–Crippen MR) is 73.1 cm³/mol. The molecule has 0 radical (unpaired) electrons. The molecule has 2 atom stereocenters. The van der Waals surface area contributed by atoms with E-state index in [0.717, 1.165) is 32.4 Å². The largest absolute Gasteiger partial charge is 0.358 e. The zero-order valence-electron chi connectivity index (χ0n) is 12.0. The molecule has 1 saturated heterocycles. The van der Waals surface area contributed by atoms with E-state index in [2.05, 4.69) is 29.5 Å². The van der Waals surface area contributed by atoms with Gasteiger partial charge in [0.2, 0.25) is 5.91 Å². The Hall–Kier alpha value is -0.610. The molecular formula is C13H29N3O. The van der Waals surface area contributed by atoms with Gasteiger partial charge in [-0.25, -0.2) is 0 Å². The maximum atomic E-state index is 11.4. The Morgan fingerprint density at radius 1 is 1.41 bits per heavy atom. The minimum Gasteiger partial charge on any atom is -0.358 e. The van der Waals surface area contributed by atoms with Gasteiger partial charge in [0.25, 0.3) is 0 Å². The summed E-state index contributed by atoms with van der Waals surface area (Å²) in [6.45, 7) is 8.36. The third kappa shape index (κ3) is 6.03. The molecule has 102 valence electrons. The van der Waals surface area contributed by atoms with Gasteiger partial charge in [0.05, 0.1) is 6.04 Å². The van der Waals surface area contributed by atoms with E-state index in [1.807, 2.05) is 13.8 Å². The first kappa shape index (κ1) is 16.4. The van der Waals surface area contributed by atoms with E-state index in [-0.39, 0.29) is 11.9 Å². The zero-order valence-corrected chi connectivity index (χ0v) is 12.0. The standard InChI is InChI=1S/C11H23N3O.C2H6/c1-4-14(3)8-7-9-5-6-10(13-9)11(15)12-2;1-2/h9-10,13H,4-8H2,1-3H3,(H,12,15);1-2H3. The Bertz CT molecular complexity index is 209. The molecule has 0 aromatic carbocycles. The second kappa shape index (κ2) is 9.42. The highest BCUT2D eigenvalue weighted by molar-refractivity contribution is 5.81. The SMILES string of the molecule is CC.CCN(C)CCC1CCC(C(=O)NC)N1. The lowest BCUT2D eigenvalue weighted by molar-refractivity contribution is -0.122. The minimum absolute atomic E-state index is 0.0342. The third-order valence-corrected chi connectivity index (χ3v) is 3.20. The Morgan fingerprint density at radius 3 is 2.59 bits per heavy atom. The van der Waals surface area contributed by atoms with E-state index in [1.165, 1.54) is 0 Å². The summed E-state index contributed by atoms with van der Waals surface area (Å²) in [5.41, 5.74) is 0. The molecule has 2 N–H and O–H groups in total. The summed E-state index contributed by atoms with van der Waals surface area (Å²) in [4.78, 5) is 13.7. The number of rotatable bonds is 5. The average Bonchev–Trinajstić information content (AvgIpc) is 2.86. The number of carbonyl (C=O) groups is 1. The van der Waals surface area contributed by atoms with Gasteiger partial charge in [-0.3, -0.25) is 4.79 Å². The van der Waals surface area contributed by atoms with Crippen molar-refractivity contribution in [2.45, 2.75) is 52.1 Å². The van der Waals surface area contributed by atoms with Crippen LogP contribution in [-0.2, 0) is 4.79 Å². The van der Waals surface area contributed by atoms with Gasteiger partial charge in [-0.05, 0) is 39.4 Å². The number of hydrogen-bond acceptors (Lipinski definition) is 3. The summed E-state index contributed by atoms with van der Waals surface area (Å²) in [6, 6.07) is 0.549. The van der Waals surface area contributed by atoms with Crippen molar-refractivity contribution in [3.8, 4) is 0 Å². The highest BCUT2D eigenvalue weighted by Gasteiger charge is 2.27. The molecule has 2 unspecified atom stereocenters. The summed E-state index contributed by atoms with van der Waals surface area (Å²) in [6.07, 6.45) is 3.23. The van der Waals surface area contributed by atoms with Crippen molar-refractivity contribution in [3.05, 3.63) is 0 Å². The summed E-state index contributed by atoms with van der Waals surface area (Å²) < 4.78 is 0. The topological polar surface area (TPSA) is 44.4 Å². The quantitative estimate of drug-likeness (QED) is 0.763. The average molecular weight is 243 g/mol. The van der Waals surface area contributed by atoms with Crippen LogP contribution in [0.1, 0.15) is 40.0 Å². The van der Waals surface area contributed by atoms with Crippen LogP contribution in [0.3, 0.4) is 0 Å². The summed E-state index contributed by atoms with van der Waals surface area (Å²) in [5, 5.41) is 6.07. The van der Waals surface area contributed by atoms with Crippen molar-refractivity contribution in [2.24, 2.45) is 0 Å². The molecule has 0 spiro atoms. The van der Waals surface area contributed by atoms with Gasteiger partial charge in [0.1, 0.15) is 0 Å². The molecule has 1 fully saturated rings. The summed E-state index contributed by atoms with van der Waals surface area (Å²) in [5.74, 6) is 0.126. The van der Waals surface area contributed by atoms with E-state index in [0.29, 0.717) is 6.04 Å². The molecule has 0 aliphatic carbocycles. The van der Waals surface area contributed by atoms with Crippen LogP contribution in [-0.4, -0.2) is 50.1 Å². The lowest BCUT2D eigenvalue weighted by Gasteiger charge is -2.18. The van der Waals surface area contributed by atoms with Crippen LogP contribution >= 0.6 is 0 Å². The number of carbonyl (C=O) groups excluding carboxylic acids is 1. The van der Waals surface area contributed by atoms with Gasteiger partial charge in [-0.15, -0.1) is 0 Å². The molecule has 4 nitrogen and oxygen atoms in total. The molecule has 0 aromatic heterocycles. The van der Waals surface area contributed by atoms with Crippen molar-refractivity contribution in [3.63, 3.8) is 0 Å². The molecule has 0 aromatic rings. The fraction of sp³-hybridized carbons (Fsp3) is 0.923. The highest BCUT2D eigenvalue weighted by atomic mass is 16.2. The highest BCUT2D eigenvalue weighted by Crippen LogP contribution is 2.15. The number of nitrogens with one attached hydrogen (secondary N) is 2. The molecule has 1 amide bonds. The normalized spacial score (nSPS) is 23.2. The maximum absolute atomic E-state index is 11.4. The van der Waals surface area contributed by atoms with E-state index < -0.39 is 0 Å². The Morgan fingerprint density at radius 2 is 2.06 bits per heavy atom. The van der Waals surface area contributed by atoms with Crippen molar-refractivity contribution in [1.29, 1.82) is 0 Å². The molecular weight excluding hydrogens is 214 g/mol. The second-order valence-corrected chi connectivity index (χ2v) is 4.29. The lowest BCUT2D eigenvalue weighted by Crippen LogP contribution is -2.42. The Kier molecular flexibility index (Phi) is 9.09. The molecule has 1 rings (SSSR count). The first-order valence-corrected chi connectivity index (χ1v) is 6.83. The fourth-order valence-electron chi connectivity index (χ4n) is 1.96. The van der Waals surface area contributed by atoms with E-state index >= 15 is 0 Å². The lowest BCUT2D eigenvalue weighted by atomic mass is 10.1. The van der Waals surface area contributed by atoms with Gasteiger partial charge in [0, 0.05) is 13.1 Å². The first-order chi connectivity index (χ1) is 8.17. The maximum Gasteiger partial charge on any atom is 0.236 e. The first-order valence-electron chi connectivity index (χ1n) is 6.83. The van der Waals surface area contributed by atoms with Crippen LogP contribution < -0.4 is 10.6 Å². The van der Waals surface area contributed by atoms with Gasteiger partial charge in [-0.1, -0.05) is 20.8 Å². The van der Waals surface area contributed by atoms with Crippen LogP contribution in [0.5, 0.6) is 0 Å². The van der Waals surface area contributed by atoms with Crippen LogP contribution in [0, 0.1) is 0 Å². The predicted octanol–water partition coefficient (Wildman–Crippen LogP) is 1.22. The molecule has 17 heavy (non-hydrogen) atoms. The molecule has 1 aliphatic rings. The van der Waals surface area contributed by atoms with Gasteiger partial charge < -0.3 is 15.5 Å². The van der Waals surface area contributed by atoms with E-state index in [1.54, 1.807) is 7.05 Å². The van der Waals surface area contributed by atoms with E-state index in [4.69, 9.17) is 0 Å². The monoisotopic (exact) mass is 243 g/mol. The molecule has 0 bridgehead atoms. The van der Waals surface area contributed by atoms with Crippen LogP contribution in [0.2, 0.25) is 0 Å². The Balaban J connectivity index is 0.00000121. The van der Waals surface area contributed by atoms with Crippen LogP contribution in [0.4, 0.5) is 0 Å². The van der Waals surface area contributed by atoms with Crippen molar-refractivity contribution in [2.75, 3.05) is 27.2 Å². The van der Waals surface area contributed by atoms with E-state index in [9.17, 15) is 4.79 Å². The smallest absolute Gasteiger partial charge is 0.236 e. The van der Waals surface area contributed by atoms with Crippen LogP contribution in [0.15, 0.2) is 0 Å². The fourth-order valence-corrected chi connectivity index (χ4v) is 1.96. The molecule has 0 saturated carbocycles. The second-order valence-electron chi connectivity index (χ2n) is 4.29. The van der Waals surface area contributed by atoms with Gasteiger partial charge in [0.15, 0.2) is 0 Å². The van der Waals surface area contributed by atoms with Crippen molar-refractivity contribution >= 4 is 5.91 Å². The van der Waals surface area contributed by atoms with Gasteiger partial charge in [-0.2, -0.15) is 0 Å². The minimum atomic E-state index is 0.0342. The van der Waals surface area contributed by atoms with Gasteiger partial charge >= 0.3 is 0 Å². The zero-order chi connectivity index (χ0) is 13.3. The summed E-state index contributed by atoms with van der Waals surface area (Å²) >= 11 is 0. The number of amides is 1. The number of nitrogens with zero attached hydrogens (tertiary/aromatic N) is 1. The Labute approximate surface area is 106 Å².